The van der Waals surface area contributed by atoms with E-state index in [-0.39, 0.29) is 16.5 Å². The number of hydrogen-bond donors (Lipinski definition) is 3. The summed E-state index contributed by atoms with van der Waals surface area (Å²) in [6.07, 6.45) is 0.997. The summed E-state index contributed by atoms with van der Waals surface area (Å²) in [5.74, 6) is -2.63. The van der Waals surface area contributed by atoms with Gasteiger partial charge in [-0.3, -0.25) is 9.59 Å². The van der Waals surface area contributed by atoms with Gasteiger partial charge < -0.3 is 15.7 Å². The lowest BCUT2D eigenvalue weighted by Gasteiger charge is -2.13. The number of amides is 2. The number of nitrogens with one attached hydrogen (secondary N) is 2. The van der Waals surface area contributed by atoms with Gasteiger partial charge in [-0.1, -0.05) is 11.6 Å². The summed E-state index contributed by atoms with van der Waals surface area (Å²) in [6, 6.07) is 10.8. The molecule has 0 heterocycles. The smallest absolute Gasteiger partial charge is 0.331 e. The molecule has 2 rings (SSSR count). The molecule has 0 radical (unpaired) electrons. The standard InChI is InChI=1S/C20H18ClFN2O4S/c1-11(20(27)28)9-18(25)23-13-3-6-15(7-4-13)29-12(2)19(26)24-14-5-8-16(21)17(22)10-14/h3-10,12H,1-2H3,(H,23,25)(H,24,26)(H,27,28)/b11-9+/t12-/m0/s1. The zero-order chi connectivity index (χ0) is 21.6. The molecule has 0 saturated carbocycles. The topological polar surface area (TPSA) is 95.5 Å². The fourth-order valence-electron chi connectivity index (χ4n) is 2.13. The van der Waals surface area contributed by atoms with Gasteiger partial charge >= 0.3 is 5.97 Å². The molecule has 1 atom stereocenters. The van der Waals surface area contributed by atoms with Gasteiger partial charge in [0.2, 0.25) is 11.8 Å². The molecule has 0 unspecified atom stereocenters. The number of anilines is 2. The molecule has 9 heteroatoms. The molecule has 2 amide bonds. The first-order valence-corrected chi connectivity index (χ1v) is 9.66. The summed E-state index contributed by atoms with van der Waals surface area (Å²) in [4.78, 5) is 35.5. The Labute approximate surface area is 176 Å². The first-order chi connectivity index (χ1) is 13.7. The molecule has 0 aliphatic carbocycles. The number of rotatable bonds is 7. The van der Waals surface area contributed by atoms with E-state index in [1.54, 1.807) is 31.2 Å². The van der Waals surface area contributed by atoms with Gasteiger partial charge in [-0.05, 0) is 56.3 Å². The van der Waals surface area contributed by atoms with Gasteiger partial charge in [-0.25, -0.2) is 9.18 Å². The summed E-state index contributed by atoms with van der Waals surface area (Å²) < 4.78 is 13.5. The van der Waals surface area contributed by atoms with Crippen molar-refractivity contribution in [3.8, 4) is 0 Å². The van der Waals surface area contributed by atoms with E-state index in [1.165, 1.54) is 30.8 Å². The molecule has 0 bridgehead atoms. The van der Waals surface area contributed by atoms with Crippen molar-refractivity contribution in [2.45, 2.75) is 24.0 Å². The van der Waals surface area contributed by atoms with Crippen molar-refractivity contribution in [3.05, 3.63) is 65.0 Å². The third-order valence-corrected chi connectivity index (χ3v) is 5.09. The number of carboxylic acids is 1. The molecule has 0 aliphatic heterocycles. The van der Waals surface area contributed by atoms with Gasteiger partial charge in [-0.15, -0.1) is 11.8 Å². The molecule has 6 nitrogen and oxygen atoms in total. The zero-order valence-corrected chi connectivity index (χ0v) is 17.1. The van der Waals surface area contributed by atoms with E-state index in [4.69, 9.17) is 16.7 Å². The van der Waals surface area contributed by atoms with E-state index >= 15 is 0 Å². The van der Waals surface area contributed by atoms with Gasteiger partial charge in [0, 0.05) is 27.9 Å². The summed E-state index contributed by atoms with van der Waals surface area (Å²) in [5.41, 5.74) is 0.727. The van der Waals surface area contributed by atoms with Crippen LogP contribution in [0, 0.1) is 5.82 Å². The van der Waals surface area contributed by atoms with E-state index < -0.39 is 22.9 Å². The Balaban J connectivity index is 1.93. The van der Waals surface area contributed by atoms with Gasteiger partial charge in [0.1, 0.15) is 5.82 Å². The van der Waals surface area contributed by atoms with Crippen LogP contribution in [0.15, 0.2) is 59.0 Å². The van der Waals surface area contributed by atoms with Crippen molar-refractivity contribution in [1.29, 1.82) is 0 Å². The van der Waals surface area contributed by atoms with Gasteiger partial charge in [0.15, 0.2) is 0 Å². The van der Waals surface area contributed by atoms with Crippen LogP contribution in [-0.2, 0) is 14.4 Å². The van der Waals surface area contributed by atoms with Crippen LogP contribution in [0.3, 0.4) is 0 Å². The molecule has 0 spiro atoms. The van der Waals surface area contributed by atoms with Crippen molar-refractivity contribution in [2.24, 2.45) is 0 Å². The van der Waals surface area contributed by atoms with Crippen LogP contribution in [-0.4, -0.2) is 28.1 Å². The Bertz CT molecular complexity index is 963. The highest BCUT2D eigenvalue weighted by molar-refractivity contribution is 8.00. The molecular formula is C20H18ClFN2O4S. The van der Waals surface area contributed by atoms with Gasteiger partial charge in [-0.2, -0.15) is 0 Å². The highest BCUT2D eigenvalue weighted by Crippen LogP contribution is 2.26. The molecule has 0 saturated heterocycles. The van der Waals surface area contributed by atoms with Crippen LogP contribution < -0.4 is 10.6 Å². The molecule has 29 heavy (non-hydrogen) atoms. The van der Waals surface area contributed by atoms with E-state index in [0.29, 0.717) is 11.4 Å². The zero-order valence-electron chi connectivity index (χ0n) is 15.5. The van der Waals surface area contributed by atoms with Crippen LogP contribution >= 0.6 is 23.4 Å². The lowest BCUT2D eigenvalue weighted by atomic mass is 10.2. The number of halogens is 2. The summed E-state index contributed by atoms with van der Waals surface area (Å²) >= 11 is 6.91. The van der Waals surface area contributed by atoms with Crippen LogP contribution in [0.1, 0.15) is 13.8 Å². The van der Waals surface area contributed by atoms with Crippen molar-refractivity contribution in [1.82, 2.24) is 0 Å². The Kier molecular flexibility index (Phi) is 7.81. The maximum absolute atomic E-state index is 13.5. The monoisotopic (exact) mass is 436 g/mol. The molecular weight excluding hydrogens is 419 g/mol. The van der Waals surface area contributed by atoms with Gasteiger partial charge in [0.05, 0.1) is 10.3 Å². The second kappa shape index (κ2) is 10.1. The second-order valence-corrected chi connectivity index (χ2v) is 7.85. The number of thioether (sulfide) groups is 1. The van der Waals surface area contributed by atoms with Crippen LogP contribution in [0.4, 0.5) is 15.8 Å². The lowest BCUT2D eigenvalue weighted by Crippen LogP contribution is -2.22. The quantitative estimate of drug-likeness (QED) is 0.436. The molecule has 2 aromatic carbocycles. The lowest BCUT2D eigenvalue weighted by molar-refractivity contribution is -0.132. The number of carbonyl (C=O) groups excluding carboxylic acids is 2. The van der Waals surface area contributed by atoms with Crippen LogP contribution in [0.25, 0.3) is 0 Å². The van der Waals surface area contributed by atoms with Crippen molar-refractivity contribution in [3.63, 3.8) is 0 Å². The van der Waals surface area contributed by atoms with Crippen molar-refractivity contribution in [2.75, 3.05) is 10.6 Å². The van der Waals surface area contributed by atoms with Crippen molar-refractivity contribution >= 4 is 52.5 Å². The Morgan fingerprint density at radius 2 is 1.72 bits per heavy atom. The first-order valence-electron chi connectivity index (χ1n) is 8.41. The molecule has 0 fully saturated rings. The van der Waals surface area contributed by atoms with E-state index in [1.807, 2.05) is 0 Å². The van der Waals surface area contributed by atoms with E-state index in [9.17, 15) is 18.8 Å². The fourth-order valence-corrected chi connectivity index (χ4v) is 3.11. The molecule has 2 aromatic rings. The molecule has 3 N–H and O–H groups in total. The number of aliphatic carboxylic acids is 1. The third kappa shape index (κ3) is 6.92. The minimum atomic E-state index is -1.17. The first kappa shape index (κ1) is 22.4. The maximum atomic E-state index is 13.5. The summed E-state index contributed by atoms with van der Waals surface area (Å²) in [5, 5.41) is 13.5. The average Bonchev–Trinajstić information content (AvgIpc) is 2.66. The predicted octanol–water partition coefficient (Wildman–Crippen LogP) is 4.57. The summed E-state index contributed by atoms with van der Waals surface area (Å²) in [7, 11) is 0. The Morgan fingerprint density at radius 3 is 2.31 bits per heavy atom. The minimum absolute atomic E-state index is 0.0220. The SMILES string of the molecule is C/C(=C\C(=O)Nc1ccc(S[C@@H](C)C(=O)Nc2ccc(Cl)c(F)c2)cc1)C(=O)O. The van der Waals surface area contributed by atoms with Crippen LogP contribution in [0.2, 0.25) is 5.02 Å². The number of benzene rings is 2. The maximum Gasteiger partial charge on any atom is 0.331 e. The fraction of sp³-hybridized carbons (Fsp3) is 0.150. The Hall–Kier alpha value is -2.84. The highest BCUT2D eigenvalue weighted by Gasteiger charge is 2.15. The van der Waals surface area contributed by atoms with Crippen molar-refractivity contribution < 1.29 is 23.9 Å². The second-order valence-electron chi connectivity index (χ2n) is 6.02. The van der Waals surface area contributed by atoms with Gasteiger partial charge in [0.25, 0.3) is 0 Å². The average molecular weight is 437 g/mol. The molecule has 152 valence electrons. The number of hydrogen-bond acceptors (Lipinski definition) is 4. The summed E-state index contributed by atoms with van der Waals surface area (Å²) in [6.45, 7) is 3.04. The third-order valence-electron chi connectivity index (χ3n) is 3.68. The number of carboxylic acid groups (broad SMARTS) is 1. The highest BCUT2D eigenvalue weighted by atomic mass is 35.5. The predicted molar refractivity (Wildman–Crippen MR) is 112 cm³/mol. The Morgan fingerprint density at radius 1 is 1.10 bits per heavy atom. The number of carbonyl (C=O) groups is 3. The van der Waals surface area contributed by atoms with E-state index in [0.717, 1.165) is 17.0 Å². The normalized spacial score (nSPS) is 12.2. The molecule has 0 aliphatic rings. The largest absolute Gasteiger partial charge is 0.478 e. The molecule has 0 aromatic heterocycles. The van der Waals surface area contributed by atoms with Crippen LogP contribution in [0.5, 0.6) is 0 Å². The minimum Gasteiger partial charge on any atom is -0.478 e. The van der Waals surface area contributed by atoms with E-state index in [2.05, 4.69) is 10.6 Å².